The third-order valence-corrected chi connectivity index (χ3v) is 6.31. The van der Waals surface area contributed by atoms with Crippen LogP contribution < -0.4 is 16.0 Å². The molecule has 0 saturated carbocycles. The van der Waals surface area contributed by atoms with Crippen molar-refractivity contribution in [3.8, 4) is 11.1 Å². The number of nitrogens with one attached hydrogen (secondary N) is 1. The Kier molecular flexibility index (Phi) is 5.76. The molecule has 182 valence electrons. The normalized spacial score (nSPS) is 16.0. The minimum Gasteiger partial charge on any atom is -0.371 e. The third kappa shape index (κ3) is 4.73. The van der Waals surface area contributed by atoms with Gasteiger partial charge in [-0.2, -0.15) is 18.2 Å². The van der Waals surface area contributed by atoms with Crippen molar-refractivity contribution in [1.82, 2.24) is 19.6 Å². The van der Waals surface area contributed by atoms with Crippen LogP contribution in [0.5, 0.6) is 0 Å². The molecule has 1 aromatic carbocycles. The molecule has 0 amide bonds. The van der Waals surface area contributed by atoms with Crippen molar-refractivity contribution >= 4 is 28.9 Å². The lowest BCUT2D eigenvalue weighted by atomic mass is 9.97. The molecule has 3 aromatic heterocycles. The van der Waals surface area contributed by atoms with Gasteiger partial charge in [0, 0.05) is 55.1 Å². The van der Waals surface area contributed by atoms with Crippen LogP contribution in [0.3, 0.4) is 0 Å². The summed E-state index contributed by atoms with van der Waals surface area (Å²) >= 11 is 6.24. The van der Waals surface area contributed by atoms with Crippen LogP contribution >= 0.6 is 11.6 Å². The van der Waals surface area contributed by atoms with Gasteiger partial charge in [-0.25, -0.2) is 8.91 Å². The van der Waals surface area contributed by atoms with E-state index in [9.17, 15) is 17.6 Å². The van der Waals surface area contributed by atoms with Gasteiger partial charge < -0.3 is 16.0 Å². The van der Waals surface area contributed by atoms with E-state index in [0.29, 0.717) is 54.3 Å². The van der Waals surface area contributed by atoms with E-state index in [0.717, 1.165) is 12.3 Å². The van der Waals surface area contributed by atoms with Crippen LogP contribution in [0.4, 0.5) is 29.2 Å². The van der Waals surface area contributed by atoms with Crippen molar-refractivity contribution in [3.05, 3.63) is 71.4 Å². The highest BCUT2D eigenvalue weighted by Gasteiger charge is 2.35. The maximum Gasteiger partial charge on any atom is 0.433 e. The number of halogens is 5. The molecule has 4 aromatic rings. The van der Waals surface area contributed by atoms with Crippen LogP contribution in [0.1, 0.15) is 18.5 Å². The number of alkyl halides is 3. The van der Waals surface area contributed by atoms with Crippen molar-refractivity contribution in [2.75, 3.05) is 23.3 Å². The Labute approximate surface area is 202 Å². The molecule has 35 heavy (non-hydrogen) atoms. The minimum absolute atomic E-state index is 0.253. The number of anilines is 2. The molecule has 0 radical (unpaired) electrons. The van der Waals surface area contributed by atoms with Gasteiger partial charge in [-0.3, -0.25) is 4.98 Å². The van der Waals surface area contributed by atoms with E-state index in [1.807, 2.05) is 11.0 Å². The monoisotopic (exact) mass is 505 g/mol. The fraction of sp³-hybridized carbons (Fsp3) is 0.261. The Balaban J connectivity index is 1.34. The van der Waals surface area contributed by atoms with E-state index in [1.54, 1.807) is 28.9 Å². The van der Waals surface area contributed by atoms with Gasteiger partial charge in [-0.1, -0.05) is 11.6 Å². The Morgan fingerprint density at radius 3 is 2.54 bits per heavy atom. The quantitative estimate of drug-likeness (QED) is 0.301. The molecular weight excluding hydrogens is 486 g/mol. The summed E-state index contributed by atoms with van der Waals surface area (Å²) in [5.74, 6) is -0.137. The van der Waals surface area contributed by atoms with Crippen LogP contribution in [-0.4, -0.2) is 38.3 Å². The molecule has 0 unspecified atom stereocenters. The summed E-state index contributed by atoms with van der Waals surface area (Å²) in [7, 11) is 0. The molecule has 1 aliphatic heterocycles. The highest BCUT2D eigenvalue weighted by Crippen LogP contribution is 2.33. The predicted octanol–water partition coefficient (Wildman–Crippen LogP) is 4.97. The summed E-state index contributed by atoms with van der Waals surface area (Å²) in [6.07, 6.45) is -0.726. The average Bonchev–Trinajstić information content (AvgIpc) is 3.21. The Morgan fingerprint density at radius 1 is 1.06 bits per heavy atom. The molecular formula is C23H20ClF4N7. The summed E-state index contributed by atoms with van der Waals surface area (Å²) in [6, 6.07) is 10.3. The summed E-state index contributed by atoms with van der Waals surface area (Å²) in [5.41, 5.74) is 7.03. The van der Waals surface area contributed by atoms with Crippen molar-refractivity contribution in [2.24, 2.45) is 5.73 Å². The minimum atomic E-state index is -4.50. The number of fused-ring (bicyclic) bond motifs is 1. The highest BCUT2D eigenvalue weighted by molar-refractivity contribution is 6.33. The van der Waals surface area contributed by atoms with Gasteiger partial charge in [0.05, 0.1) is 10.7 Å². The van der Waals surface area contributed by atoms with Crippen molar-refractivity contribution < 1.29 is 17.6 Å². The van der Waals surface area contributed by atoms with Crippen LogP contribution in [0.15, 0.2) is 54.9 Å². The summed E-state index contributed by atoms with van der Waals surface area (Å²) in [4.78, 5) is 9.83. The number of nitrogens with zero attached hydrogens (tertiary/aromatic N) is 5. The maximum atomic E-state index is 13.5. The number of nitrogens with two attached hydrogens (primary N) is 1. The Bertz CT molecular complexity index is 1380. The summed E-state index contributed by atoms with van der Waals surface area (Å²) in [6.45, 7) is 0.878. The number of pyridine rings is 2. The molecule has 3 N–H and O–H groups in total. The van der Waals surface area contributed by atoms with E-state index < -0.39 is 23.4 Å². The second kappa shape index (κ2) is 8.65. The number of hydrogen-bond donors (Lipinski definition) is 2. The van der Waals surface area contributed by atoms with E-state index in [4.69, 9.17) is 17.3 Å². The van der Waals surface area contributed by atoms with Crippen LogP contribution in [-0.2, 0) is 6.18 Å². The SMILES string of the molecule is NC1(Nc2nc3c(-c4ccc(F)cc4Cl)cccn3n2)CCN(c2ccnc(C(F)(F)F)c2)CC1. The average molecular weight is 506 g/mol. The van der Waals surface area contributed by atoms with Gasteiger partial charge in [0.15, 0.2) is 5.65 Å². The zero-order valence-corrected chi connectivity index (χ0v) is 19.0. The molecule has 0 bridgehead atoms. The maximum absolute atomic E-state index is 13.5. The Morgan fingerprint density at radius 2 is 1.83 bits per heavy atom. The lowest BCUT2D eigenvalue weighted by Gasteiger charge is -2.40. The van der Waals surface area contributed by atoms with E-state index in [1.165, 1.54) is 12.1 Å². The molecule has 1 aliphatic rings. The molecule has 1 fully saturated rings. The lowest BCUT2D eigenvalue weighted by molar-refractivity contribution is -0.141. The van der Waals surface area contributed by atoms with E-state index in [2.05, 4.69) is 20.4 Å². The predicted molar refractivity (Wildman–Crippen MR) is 125 cm³/mol. The molecule has 7 nitrogen and oxygen atoms in total. The van der Waals surface area contributed by atoms with Gasteiger partial charge >= 0.3 is 6.18 Å². The van der Waals surface area contributed by atoms with Crippen molar-refractivity contribution in [1.29, 1.82) is 0 Å². The second-order valence-corrected chi connectivity index (χ2v) is 8.82. The lowest BCUT2D eigenvalue weighted by Crippen LogP contribution is -2.55. The first-order valence-corrected chi connectivity index (χ1v) is 11.2. The number of hydrogen-bond acceptors (Lipinski definition) is 6. The first-order chi connectivity index (χ1) is 16.6. The van der Waals surface area contributed by atoms with Gasteiger partial charge in [-0.05, 0) is 42.5 Å². The van der Waals surface area contributed by atoms with Gasteiger partial charge in [0.25, 0.3) is 0 Å². The van der Waals surface area contributed by atoms with Crippen molar-refractivity contribution in [2.45, 2.75) is 24.7 Å². The molecule has 5 rings (SSSR count). The zero-order chi connectivity index (χ0) is 24.8. The number of rotatable bonds is 4. The van der Waals surface area contributed by atoms with Crippen LogP contribution in [0.2, 0.25) is 5.02 Å². The molecule has 4 heterocycles. The third-order valence-electron chi connectivity index (χ3n) is 6.00. The highest BCUT2D eigenvalue weighted by atomic mass is 35.5. The topological polar surface area (TPSA) is 84.4 Å². The second-order valence-electron chi connectivity index (χ2n) is 8.41. The first kappa shape index (κ1) is 23.3. The van der Waals surface area contributed by atoms with Crippen LogP contribution in [0, 0.1) is 5.82 Å². The fourth-order valence-electron chi connectivity index (χ4n) is 4.16. The largest absolute Gasteiger partial charge is 0.433 e. The molecule has 0 atom stereocenters. The fourth-order valence-corrected chi connectivity index (χ4v) is 4.43. The number of benzene rings is 1. The zero-order valence-electron chi connectivity index (χ0n) is 18.2. The number of piperidine rings is 1. The molecule has 12 heteroatoms. The van der Waals surface area contributed by atoms with Gasteiger partial charge in [0.2, 0.25) is 5.95 Å². The summed E-state index contributed by atoms with van der Waals surface area (Å²) < 4.78 is 54.1. The standard InChI is InChI=1S/C23H20ClF4N7/c24-18-12-14(25)3-4-16(18)17-2-1-9-35-20(17)31-21(33-35)32-22(29)6-10-34(11-7-22)15-5-8-30-19(13-15)23(26,27)28/h1-5,8-9,12-13H,6-7,10-11,29H2,(H,32,33). The molecule has 0 spiro atoms. The van der Waals surface area contributed by atoms with Crippen LogP contribution in [0.25, 0.3) is 16.8 Å². The number of aromatic nitrogens is 4. The van der Waals surface area contributed by atoms with E-state index in [-0.39, 0.29) is 5.02 Å². The summed E-state index contributed by atoms with van der Waals surface area (Å²) in [5, 5.41) is 7.88. The molecule has 1 saturated heterocycles. The first-order valence-electron chi connectivity index (χ1n) is 10.8. The Hall–Kier alpha value is -3.44. The smallest absolute Gasteiger partial charge is 0.371 e. The van der Waals surface area contributed by atoms with Gasteiger partial charge in [-0.15, -0.1) is 5.10 Å². The van der Waals surface area contributed by atoms with Gasteiger partial charge in [0.1, 0.15) is 11.5 Å². The molecule has 0 aliphatic carbocycles. The van der Waals surface area contributed by atoms with Crippen molar-refractivity contribution in [3.63, 3.8) is 0 Å². The van der Waals surface area contributed by atoms with E-state index >= 15 is 0 Å².